The van der Waals surface area contributed by atoms with Gasteiger partial charge in [0.25, 0.3) is 0 Å². The fourth-order valence-corrected chi connectivity index (χ4v) is 14.1. The zero-order valence-electron chi connectivity index (χ0n) is 65.7. The van der Waals surface area contributed by atoms with Gasteiger partial charge in [0, 0.05) is 25.7 Å². The molecular weight excluding hydrogens is 1310 g/mol. The summed E-state index contributed by atoms with van der Waals surface area (Å²) >= 11 is 0. The number of phosphoric ester groups is 2. The number of carbonyl (C=O) groups excluding carboxylic acids is 4. The number of esters is 4. The summed E-state index contributed by atoms with van der Waals surface area (Å²) in [5, 5.41) is 10.6. The summed E-state index contributed by atoms with van der Waals surface area (Å²) in [5.74, 6) is 0.169. The number of phosphoric acid groups is 2. The first-order chi connectivity index (χ1) is 48.2. The van der Waals surface area contributed by atoms with Gasteiger partial charge in [-0.2, -0.15) is 0 Å². The molecule has 0 rings (SSSR count). The van der Waals surface area contributed by atoms with Crippen molar-refractivity contribution in [3.63, 3.8) is 0 Å². The fraction of sp³-hybridized carbons (Fsp3) is 0.951. The predicted molar refractivity (Wildman–Crippen MR) is 409 cm³/mol. The normalized spacial score (nSPS) is 14.0. The summed E-state index contributed by atoms with van der Waals surface area (Å²) in [6, 6.07) is 0. The highest BCUT2D eigenvalue weighted by Gasteiger charge is 2.30. The van der Waals surface area contributed by atoms with Crippen molar-refractivity contribution >= 4 is 39.5 Å². The minimum atomic E-state index is -4.96. The molecule has 0 aromatic carbocycles. The topological polar surface area (TPSA) is 237 Å². The largest absolute Gasteiger partial charge is 0.472 e. The lowest BCUT2D eigenvalue weighted by Crippen LogP contribution is -2.30. The molecule has 0 aromatic heterocycles. The van der Waals surface area contributed by atoms with Crippen LogP contribution in [0.25, 0.3) is 0 Å². The molecule has 0 fully saturated rings. The molecule has 0 aliphatic rings. The van der Waals surface area contributed by atoms with Gasteiger partial charge in [-0.3, -0.25) is 37.3 Å². The lowest BCUT2D eigenvalue weighted by Gasteiger charge is -2.21. The molecule has 3 N–H and O–H groups in total. The molecule has 100 heavy (non-hydrogen) atoms. The van der Waals surface area contributed by atoms with Crippen molar-refractivity contribution in [1.82, 2.24) is 0 Å². The van der Waals surface area contributed by atoms with Crippen molar-refractivity contribution < 1.29 is 80.2 Å². The summed E-state index contributed by atoms with van der Waals surface area (Å²) in [4.78, 5) is 73.0. The Morgan fingerprint density at radius 2 is 0.460 bits per heavy atom. The summed E-state index contributed by atoms with van der Waals surface area (Å²) in [5.41, 5.74) is 0. The number of aliphatic hydroxyl groups excluding tert-OH is 1. The van der Waals surface area contributed by atoms with E-state index < -0.39 is 97.5 Å². The summed E-state index contributed by atoms with van der Waals surface area (Å²) in [6.07, 6.45) is 59.7. The third-order valence-corrected chi connectivity index (χ3v) is 20.8. The van der Waals surface area contributed by atoms with Crippen LogP contribution in [0, 0.1) is 17.8 Å². The van der Waals surface area contributed by atoms with E-state index in [-0.39, 0.29) is 25.7 Å². The van der Waals surface area contributed by atoms with Crippen LogP contribution in [-0.2, 0) is 65.4 Å². The standard InChI is InChI=1S/C81H158O17P2/c1-8-9-10-11-12-13-14-15-16-17-18-19-20-21-22-27-35-43-50-57-64-80(85)97-76(68-91-78(83)62-55-48-41-34-28-23-25-31-38-45-52-59-72(2)3)70-95-99(87,88)93-66-75(82)67-94-100(89,90)96-71-77(69-92-79(84)63-56-49-42-37-30-33-40-47-54-61-74(6)7)98-81(86)65-58-51-44-36-29-24-26-32-39-46-53-60-73(4)5/h72-77,82H,8-71H2,1-7H3,(H,87,88)(H,89,90)/t75-,76-,77-/m1/s1. The molecular formula is C81H158O17P2. The average molecular weight is 1470 g/mol. The van der Waals surface area contributed by atoms with Gasteiger partial charge < -0.3 is 33.8 Å². The van der Waals surface area contributed by atoms with E-state index in [9.17, 15) is 43.2 Å². The Balaban J connectivity index is 5.25. The molecule has 0 amide bonds. The Bertz CT molecular complexity index is 1940. The van der Waals surface area contributed by atoms with Crippen LogP contribution in [0.1, 0.15) is 421 Å². The van der Waals surface area contributed by atoms with Gasteiger partial charge in [-0.15, -0.1) is 0 Å². The van der Waals surface area contributed by atoms with E-state index in [2.05, 4.69) is 48.5 Å². The van der Waals surface area contributed by atoms with Crippen molar-refractivity contribution in [2.24, 2.45) is 17.8 Å². The number of hydrogen-bond donors (Lipinski definition) is 3. The maximum Gasteiger partial charge on any atom is 0.472 e. The third-order valence-electron chi connectivity index (χ3n) is 18.9. The maximum atomic E-state index is 13.1. The van der Waals surface area contributed by atoms with Gasteiger partial charge in [-0.1, -0.05) is 370 Å². The molecule has 0 aromatic rings. The fourth-order valence-electron chi connectivity index (χ4n) is 12.5. The molecule has 594 valence electrons. The van der Waals surface area contributed by atoms with E-state index in [1.54, 1.807) is 0 Å². The van der Waals surface area contributed by atoms with Crippen LogP contribution in [0.3, 0.4) is 0 Å². The van der Waals surface area contributed by atoms with Crippen molar-refractivity contribution in [1.29, 1.82) is 0 Å². The maximum absolute atomic E-state index is 13.1. The molecule has 0 heterocycles. The van der Waals surface area contributed by atoms with Gasteiger partial charge in [-0.25, -0.2) is 9.13 Å². The van der Waals surface area contributed by atoms with Crippen LogP contribution in [0.5, 0.6) is 0 Å². The molecule has 19 heteroatoms. The second kappa shape index (κ2) is 71.3. The van der Waals surface area contributed by atoms with E-state index in [4.69, 9.17) is 37.0 Å². The van der Waals surface area contributed by atoms with Crippen LogP contribution in [0.15, 0.2) is 0 Å². The lowest BCUT2D eigenvalue weighted by atomic mass is 10.0. The van der Waals surface area contributed by atoms with Crippen LogP contribution in [0.4, 0.5) is 0 Å². The SMILES string of the molecule is CCCCCCCCCCCCCCCCCCCCCCC(=O)O[C@H](COC(=O)CCCCCCCCCCCCCC(C)C)COP(=O)(O)OC[C@@H](O)COP(=O)(O)OC[C@@H](COC(=O)CCCCCCCCCCCC(C)C)OC(=O)CCCCCCCCCCCCCC(C)C. The zero-order valence-corrected chi connectivity index (χ0v) is 67.5. The smallest absolute Gasteiger partial charge is 0.462 e. The first-order valence-corrected chi connectivity index (χ1v) is 44.8. The molecule has 0 radical (unpaired) electrons. The van der Waals surface area contributed by atoms with E-state index >= 15 is 0 Å². The number of aliphatic hydroxyl groups is 1. The Morgan fingerprint density at radius 3 is 0.680 bits per heavy atom. The Kier molecular flexibility index (Phi) is 69.9. The Morgan fingerprint density at radius 1 is 0.270 bits per heavy atom. The molecule has 0 aliphatic carbocycles. The summed E-state index contributed by atoms with van der Waals surface area (Å²) < 4.78 is 68.7. The second-order valence-corrected chi connectivity index (χ2v) is 33.5. The van der Waals surface area contributed by atoms with Crippen LogP contribution >= 0.6 is 15.6 Å². The minimum absolute atomic E-state index is 0.106. The highest BCUT2D eigenvalue weighted by atomic mass is 31.2. The Hall–Kier alpha value is -1.94. The van der Waals surface area contributed by atoms with Gasteiger partial charge in [0.1, 0.15) is 19.3 Å². The van der Waals surface area contributed by atoms with E-state index in [1.165, 1.54) is 231 Å². The number of hydrogen-bond acceptors (Lipinski definition) is 15. The monoisotopic (exact) mass is 1470 g/mol. The summed E-state index contributed by atoms with van der Waals surface area (Å²) in [7, 11) is -9.92. The summed E-state index contributed by atoms with van der Waals surface area (Å²) in [6.45, 7) is 11.9. The molecule has 0 saturated heterocycles. The van der Waals surface area contributed by atoms with Gasteiger partial charge in [0.2, 0.25) is 0 Å². The molecule has 0 aliphatic heterocycles. The predicted octanol–water partition coefficient (Wildman–Crippen LogP) is 24.1. The molecule has 2 unspecified atom stereocenters. The van der Waals surface area contributed by atoms with Crippen molar-refractivity contribution in [3.05, 3.63) is 0 Å². The van der Waals surface area contributed by atoms with E-state index in [0.29, 0.717) is 25.7 Å². The average Bonchev–Trinajstić information content (AvgIpc) is 0.946. The highest BCUT2D eigenvalue weighted by molar-refractivity contribution is 7.47. The van der Waals surface area contributed by atoms with Crippen molar-refractivity contribution in [2.75, 3.05) is 39.6 Å². The minimum Gasteiger partial charge on any atom is -0.462 e. The van der Waals surface area contributed by atoms with Crippen molar-refractivity contribution in [2.45, 2.75) is 439 Å². The van der Waals surface area contributed by atoms with Crippen LogP contribution in [-0.4, -0.2) is 96.7 Å². The number of carbonyl (C=O) groups is 4. The Labute approximate surface area is 613 Å². The number of unbranched alkanes of at least 4 members (excludes halogenated alkanes) is 47. The van der Waals surface area contributed by atoms with Gasteiger partial charge >= 0.3 is 39.5 Å². The van der Waals surface area contributed by atoms with Gasteiger partial charge in [0.05, 0.1) is 26.4 Å². The highest BCUT2D eigenvalue weighted by Crippen LogP contribution is 2.45. The van der Waals surface area contributed by atoms with E-state index in [1.807, 2.05) is 0 Å². The quantitative estimate of drug-likeness (QED) is 0.0222. The van der Waals surface area contributed by atoms with Crippen LogP contribution in [0.2, 0.25) is 0 Å². The first kappa shape index (κ1) is 98.1. The third kappa shape index (κ3) is 74.3. The molecule has 0 saturated carbocycles. The molecule has 0 spiro atoms. The second-order valence-electron chi connectivity index (χ2n) is 30.6. The number of ether oxygens (including phenoxy) is 4. The molecule has 17 nitrogen and oxygen atoms in total. The molecule has 5 atom stereocenters. The lowest BCUT2D eigenvalue weighted by molar-refractivity contribution is -0.161. The molecule has 0 bridgehead atoms. The van der Waals surface area contributed by atoms with Crippen molar-refractivity contribution in [3.8, 4) is 0 Å². The zero-order chi connectivity index (χ0) is 73.7. The van der Waals surface area contributed by atoms with E-state index in [0.717, 1.165) is 108 Å². The van der Waals surface area contributed by atoms with Crippen LogP contribution < -0.4 is 0 Å². The number of rotatable bonds is 79. The van der Waals surface area contributed by atoms with Gasteiger partial charge in [0.15, 0.2) is 12.2 Å². The first-order valence-electron chi connectivity index (χ1n) is 41.8. The van der Waals surface area contributed by atoms with Gasteiger partial charge in [-0.05, 0) is 43.4 Å².